The lowest BCUT2D eigenvalue weighted by Gasteiger charge is -2.04. The molecule has 3 aromatic rings. The average Bonchev–Trinajstić information content (AvgIpc) is 3.35. The second kappa shape index (κ2) is 8.52. The Morgan fingerprint density at radius 1 is 1.23 bits per heavy atom. The Morgan fingerprint density at radius 3 is 2.77 bits per heavy atom. The van der Waals surface area contributed by atoms with Crippen LogP contribution in [0.1, 0.15) is 17.5 Å². The summed E-state index contributed by atoms with van der Waals surface area (Å²) in [5, 5.41) is 6.45. The minimum Gasteiger partial charge on any atom is -0.497 e. The first-order chi connectivity index (χ1) is 12.7. The van der Waals surface area contributed by atoms with Crippen molar-refractivity contribution in [2.45, 2.75) is 13.2 Å². The highest BCUT2D eigenvalue weighted by Crippen LogP contribution is 2.17. The number of amides is 1. The van der Waals surface area contributed by atoms with Gasteiger partial charge in [-0.3, -0.25) is 4.79 Å². The van der Waals surface area contributed by atoms with Crippen LogP contribution in [0.15, 0.2) is 57.7 Å². The van der Waals surface area contributed by atoms with Gasteiger partial charge in [0.1, 0.15) is 17.3 Å². The number of carbonyl (C=O) groups is 1. The molecule has 0 unspecified atom stereocenters. The number of rotatable bonds is 8. The number of hydrogen-bond donors (Lipinski definition) is 1. The maximum atomic E-state index is 11.7. The quantitative estimate of drug-likeness (QED) is 0.620. The van der Waals surface area contributed by atoms with Gasteiger partial charge in [-0.05, 0) is 42.5 Å². The van der Waals surface area contributed by atoms with Gasteiger partial charge in [0.25, 0.3) is 0 Å². The zero-order valence-corrected chi connectivity index (χ0v) is 14.0. The number of carbonyl (C=O) groups excluding carboxylic acids is 1. The fourth-order valence-corrected chi connectivity index (χ4v) is 2.01. The van der Waals surface area contributed by atoms with Gasteiger partial charge in [-0.15, -0.1) is 0 Å². The Hall–Kier alpha value is -3.55. The smallest absolute Gasteiger partial charge is 0.246 e. The highest BCUT2D eigenvalue weighted by atomic mass is 16.5. The van der Waals surface area contributed by atoms with E-state index in [4.69, 9.17) is 18.4 Å². The molecule has 26 heavy (non-hydrogen) atoms. The summed E-state index contributed by atoms with van der Waals surface area (Å²) in [5.74, 6) is 2.38. The molecule has 134 valence electrons. The van der Waals surface area contributed by atoms with E-state index >= 15 is 0 Å². The first-order valence-corrected chi connectivity index (χ1v) is 7.80. The molecule has 0 aliphatic rings. The van der Waals surface area contributed by atoms with E-state index in [9.17, 15) is 4.79 Å². The van der Waals surface area contributed by atoms with Crippen LogP contribution in [-0.4, -0.2) is 23.2 Å². The van der Waals surface area contributed by atoms with Crippen LogP contribution in [0.4, 0.5) is 0 Å². The van der Waals surface area contributed by atoms with Crippen LogP contribution in [0.3, 0.4) is 0 Å². The Morgan fingerprint density at radius 2 is 2.04 bits per heavy atom. The van der Waals surface area contributed by atoms with Gasteiger partial charge in [-0.1, -0.05) is 5.16 Å². The van der Waals surface area contributed by atoms with Gasteiger partial charge in [0.15, 0.2) is 6.61 Å². The molecule has 0 saturated heterocycles. The van der Waals surface area contributed by atoms with Crippen molar-refractivity contribution in [3.05, 3.63) is 66.2 Å². The average molecular weight is 355 g/mol. The van der Waals surface area contributed by atoms with Gasteiger partial charge in [0.05, 0.1) is 19.9 Å². The molecule has 1 N–H and O–H groups in total. The molecular formula is C18H17N3O5. The molecule has 0 radical (unpaired) electrons. The van der Waals surface area contributed by atoms with E-state index < -0.39 is 0 Å². The van der Waals surface area contributed by atoms with Crippen LogP contribution in [0.2, 0.25) is 0 Å². The van der Waals surface area contributed by atoms with Gasteiger partial charge >= 0.3 is 0 Å². The van der Waals surface area contributed by atoms with Crippen molar-refractivity contribution < 1.29 is 23.2 Å². The van der Waals surface area contributed by atoms with Crippen LogP contribution in [0, 0.1) is 0 Å². The van der Waals surface area contributed by atoms with Crippen molar-refractivity contribution >= 4 is 12.0 Å². The standard InChI is InChI=1S/C18H17N3O5/c1-23-13-4-6-15(7-5-13)25-12-16-20-18(26-21-16)11-19-17(22)9-8-14-3-2-10-24-14/h2-10H,11-12H2,1H3,(H,19,22). The van der Waals surface area contributed by atoms with Crippen molar-refractivity contribution in [1.82, 2.24) is 15.5 Å². The number of nitrogens with zero attached hydrogens (tertiary/aromatic N) is 2. The molecule has 1 aromatic carbocycles. The van der Waals surface area contributed by atoms with Gasteiger partial charge in [-0.2, -0.15) is 4.98 Å². The van der Waals surface area contributed by atoms with E-state index in [0.29, 0.717) is 17.3 Å². The van der Waals surface area contributed by atoms with Crippen LogP contribution >= 0.6 is 0 Å². The van der Waals surface area contributed by atoms with Gasteiger partial charge in [0, 0.05) is 6.08 Å². The minimum atomic E-state index is -0.296. The van der Waals surface area contributed by atoms with Gasteiger partial charge < -0.3 is 23.7 Å². The molecule has 0 bridgehead atoms. The maximum Gasteiger partial charge on any atom is 0.246 e. The lowest BCUT2D eigenvalue weighted by atomic mass is 10.3. The number of hydrogen-bond acceptors (Lipinski definition) is 7. The fourth-order valence-electron chi connectivity index (χ4n) is 2.01. The highest BCUT2D eigenvalue weighted by molar-refractivity contribution is 5.91. The van der Waals surface area contributed by atoms with E-state index in [2.05, 4.69) is 15.5 Å². The Bertz CT molecular complexity index is 853. The molecule has 2 heterocycles. The molecule has 0 fully saturated rings. The summed E-state index contributed by atoms with van der Waals surface area (Å²) in [7, 11) is 1.60. The van der Waals surface area contributed by atoms with Crippen molar-refractivity contribution in [1.29, 1.82) is 0 Å². The topological polar surface area (TPSA) is 99.6 Å². The fraction of sp³-hybridized carbons (Fsp3) is 0.167. The molecule has 3 rings (SSSR count). The molecule has 0 spiro atoms. The summed E-state index contributed by atoms with van der Waals surface area (Å²) in [6.45, 7) is 0.277. The van der Waals surface area contributed by atoms with E-state index in [1.807, 2.05) is 0 Å². The van der Waals surface area contributed by atoms with Crippen molar-refractivity contribution in [2.24, 2.45) is 0 Å². The monoisotopic (exact) mass is 355 g/mol. The van der Waals surface area contributed by atoms with Crippen molar-refractivity contribution in [3.63, 3.8) is 0 Å². The molecule has 0 saturated carbocycles. The highest BCUT2D eigenvalue weighted by Gasteiger charge is 2.08. The Labute approximate surface area is 149 Å². The summed E-state index contributed by atoms with van der Waals surface area (Å²) in [6, 6.07) is 10.6. The number of aromatic nitrogens is 2. The van der Waals surface area contributed by atoms with Crippen molar-refractivity contribution in [3.8, 4) is 11.5 Å². The summed E-state index contributed by atoms with van der Waals surface area (Å²) < 4.78 is 20.8. The Balaban J connectivity index is 1.44. The third-order valence-electron chi connectivity index (χ3n) is 3.29. The lowest BCUT2D eigenvalue weighted by Crippen LogP contribution is -2.20. The van der Waals surface area contributed by atoms with Crippen molar-refractivity contribution in [2.75, 3.05) is 7.11 Å². The molecule has 0 atom stereocenters. The molecule has 0 aliphatic carbocycles. The maximum absolute atomic E-state index is 11.7. The Kier molecular flexibility index (Phi) is 5.66. The number of methoxy groups -OCH3 is 1. The number of furan rings is 1. The summed E-state index contributed by atoms with van der Waals surface area (Å²) in [5.41, 5.74) is 0. The normalized spacial score (nSPS) is 10.8. The summed E-state index contributed by atoms with van der Waals surface area (Å²) in [4.78, 5) is 15.9. The molecule has 0 aliphatic heterocycles. The van der Waals surface area contributed by atoms with Crippen LogP contribution in [0.25, 0.3) is 6.08 Å². The third-order valence-corrected chi connectivity index (χ3v) is 3.29. The SMILES string of the molecule is COc1ccc(OCc2noc(CNC(=O)C=Cc3ccco3)n2)cc1. The zero-order chi connectivity index (χ0) is 18.2. The summed E-state index contributed by atoms with van der Waals surface area (Å²) in [6.07, 6.45) is 4.46. The number of ether oxygens (including phenoxy) is 2. The van der Waals surface area contributed by atoms with Gasteiger partial charge in [0.2, 0.25) is 17.6 Å². The number of benzene rings is 1. The molecule has 8 heteroatoms. The summed E-state index contributed by atoms with van der Waals surface area (Å²) >= 11 is 0. The van der Waals surface area contributed by atoms with Crippen LogP contribution in [-0.2, 0) is 17.9 Å². The third kappa shape index (κ3) is 4.97. The van der Waals surface area contributed by atoms with E-state index in [1.165, 1.54) is 12.3 Å². The predicted octanol–water partition coefficient (Wildman–Crippen LogP) is 2.58. The molecular weight excluding hydrogens is 338 g/mol. The molecule has 1 amide bonds. The number of nitrogens with one attached hydrogen (secondary N) is 1. The molecule has 8 nitrogen and oxygen atoms in total. The zero-order valence-electron chi connectivity index (χ0n) is 14.0. The second-order valence-corrected chi connectivity index (χ2v) is 5.14. The molecule has 2 aromatic heterocycles. The van der Waals surface area contributed by atoms with E-state index in [-0.39, 0.29) is 24.9 Å². The predicted molar refractivity (Wildman–Crippen MR) is 91.2 cm³/mol. The van der Waals surface area contributed by atoms with Gasteiger partial charge in [-0.25, -0.2) is 0 Å². The van der Waals surface area contributed by atoms with E-state index in [0.717, 1.165) is 5.75 Å². The second-order valence-electron chi connectivity index (χ2n) is 5.14. The lowest BCUT2D eigenvalue weighted by molar-refractivity contribution is -0.116. The first-order valence-electron chi connectivity index (χ1n) is 7.80. The van der Waals surface area contributed by atoms with Crippen LogP contribution in [0.5, 0.6) is 11.5 Å². The minimum absolute atomic E-state index is 0.122. The first kappa shape index (κ1) is 17.3. The van der Waals surface area contributed by atoms with Crippen LogP contribution < -0.4 is 14.8 Å². The largest absolute Gasteiger partial charge is 0.497 e. The van der Waals surface area contributed by atoms with E-state index in [1.54, 1.807) is 49.6 Å².